The SMILES string of the molecule is CCCC(NC(=O)C1CCCN1C(=O)c1ccc([N+](=O)[O-])c(C)c1)C(=O)O. The van der Waals surface area contributed by atoms with Crippen molar-refractivity contribution in [3.63, 3.8) is 0 Å². The molecule has 27 heavy (non-hydrogen) atoms. The highest BCUT2D eigenvalue weighted by molar-refractivity contribution is 5.98. The molecule has 2 rings (SSSR count). The van der Waals surface area contributed by atoms with Crippen LogP contribution in [0.4, 0.5) is 5.69 Å². The summed E-state index contributed by atoms with van der Waals surface area (Å²) >= 11 is 0. The zero-order valence-corrected chi connectivity index (χ0v) is 15.3. The van der Waals surface area contributed by atoms with Crippen molar-refractivity contribution in [1.82, 2.24) is 10.2 Å². The highest BCUT2D eigenvalue weighted by Gasteiger charge is 2.36. The van der Waals surface area contributed by atoms with Crippen LogP contribution in [0.15, 0.2) is 18.2 Å². The second kappa shape index (κ2) is 8.61. The summed E-state index contributed by atoms with van der Waals surface area (Å²) in [5.41, 5.74) is 0.548. The zero-order chi connectivity index (χ0) is 20.1. The molecule has 1 aliphatic rings. The van der Waals surface area contributed by atoms with E-state index in [0.717, 1.165) is 0 Å². The number of nitrogens with zero attached hydrogens (tertiary/aromatic N) is 2. The number of carboxylic acids is 1. The summed E-state index contributed by atoms with van der Waals surface area (Å²) in [6.45, 7) is 3.74. The van der Waals surface area contributed by atoms with Crippen molar-refractivity contribution in [3.05, 3.63) is 39.4 Å². The van der Waals surface area contributed by atoms with Gasteiger partial charge >= 0.3 is 5.97 Å². The van der Waals surface area contributed by atoms with Crippen LogP contribution in [0.25, 0.3) is 0 Å². The van der Waals surface area contributed by atoms with E-state index in [2.05, 4.69) is 5.32 Å². The molecule has 2 unspecified atom stereocenters. The van der Waals surface area contributed by atoms with Crippen LogP contribution in [0.5, 0.6) is 0 Å². The van der Waals surface area contributed by atoms with Crippen LogP contribution in [0, 0.1) is 17.0 Å². The normalized spacial score (nSPS) is 17.4. The Bertz CT molecular complexity index is 763. The van der Waals surface area contributed by atoms with Gasteiger partial charge in [-0.1, -0.05) is 13.3 Å². The number of carbonyl (C=O) groups is 3. The first-order valence-electron chi connectivity index (χ1n) is 8.85. The van der Waals surface area contributed by atoms with Crippen molar-refractivity contribution < 1.29 is 24.4 Å². The van der Waals surface area contributed by atoms with Crippen LogP contribution in [-0.4, -0.2) is 51.3 Å². The minimum Gasteiger partial charge on any atom is -0.480 e. The number of amides is 2. The van der Waals surface area contributed by atoms with E-state index in [-0.39, 0.29) is 11.3 Å². The van der Waals surface area contributed by atoms with Gasteiger partial charge in [-0.05, 0) is 38.3 Å². The number of likely N-dealkylation sites (tertiary alicyclic amines) is 1. The van der Waals surface area contributed by atoms with Crippen molar-refractivity contribution in [1.29, 1.82) is 0 Å². The molecule has 9 nitrogen and oxygen atoms in total. The maximum atomic E-state index is 12.8. The van der Waals surface area contributed by atoms with E-state index in [1.807, 2.05) is 6.92 Å². The number of nitro benzene ring substituents is 1. The minimum absolute atomic E-state index is 0.0777. The maximum absolute atomic E-state index is 12.8. The Hall–Kier alpha value is -2.97. The average molecular weight is 377 g/mol. The fourth-order valence-electron chi connectivity index (χ4n) is 3.26. The lowest BCUT2D eigenvalue weighted by Gasteiger charge is -2.25. The smallest absolute Gasteiger partial charge is 0.326 e. The topological polar surface area (TPSA) is 130 Å². The predicted molar refractivity (Wildman–Crippen MR) is 96.4 cm³/mol. The molecule has 1 aliphatic heterocycles. The molecule has 2 atom stereocenters. The largest absolute Gasteiger partial charge is 0.480 e. The van der Waals surface area contributed by atoms with Gasteiger partial charge in [0.25, 0.3) is 11.6 Å². The molecule has 146 valence electrons. The van der Waals surface area contributed by atoms with E-state index in [1.54, 1.807) is 6.92 Å². The Morgan fingerprint density at radius 3 is 2.67 bits per heavy atom. The zero-order valence-electron chi connectivity index (χ0n) is 15.3. The number of hydrogen-bond donors (Lipinski definition) is 2. The molecule has 0 aliphatic carbocycles. The van der Waals surface area contributed by atoms with Crippen molar-refractivity contribution in [2.24, 2.45) is 0 Å². The lowest BCUT2D eigenvalue weighted by atomic mass is 10.1. The third-order valence-corrected chi connectivity index (χ3v) is 4.65. The van der Waals surface area contributed by atoms with Crippen LogP contribution < -0.4 is 5.32 Å². The van der Waals surface area contributed by atoms with Crippen molar-refractivity contribution in [2.75, 3.05) is 6.54 Å². The average Bonchev–Trinajstić information content (AvgIpc) is 3.09. The molecule has 0 saturated carbocycles. The molecule has 1 saturated heterocycles. The summed E-state index contributed by atoms with van der Waals surface area (Å²) < 4.78 is 0. The van der Waals surface area contributed by atoms with Gasteiger partial charge in [0.15, 0.2) is 0 Å². The van der Waals surface area contributed by atoms with Gasteiger partial charge in [-0.25, -0.2) is 4.79 Å². The molecule has 2 amide bonds. The molecule has 0 aromatic heterocycles. The fourth-order valence-corrected chi connectivity index (χ4v) is 3.26. The van der Waals surface area contributed by atoms with Gasteiger partial charge in [-0.15, -0.1) is 0 Å². The number of rotatable bonds is 7. The number of aliphatic carboxylic acids is 1. The Kier molecular flexibility index (Phi) is 6.49. The highest BCUT2D eigenvalue weighted by atomic mass is 16.6. The number of benzene rings is 1. The lowest BCUT2D eigenvalue weighted by molar-refractivity contribution is -0.385. The van der Waals surface area contributed by atoms with E-state index < -0.39 is 34.8 Å². The number of aryl methyl sites for hydroxylation is 1. The van der Waals surface area contributed by atoms with Crippen LogP contribution in [0.1, 0.15) is 48.5 Å². The third-order valence-electron chi connectivity index (χ3n) is 4.65. The van der Waals surface area contributed by atoms with Gasteiger partial charge in [0, 0.05) is 23.7 Å². The fraction of sp³-hybridized carbons (Fsp3) is 0.500. The number of hydrogen-bond acceptors (Lipinski definition) is 5. The Morgan fingerprint density at radius 1 is 1.41 bits per heavy atom. The molecule has 0 spiro atoms. The number of nitrogens with one attached hydrogen (secondary N) is 1. The Balaban J connectivity index is 2.16. The second-order valence-electron chi connectivity index (χ2n) is 6.60. The number of nitro groups is 1. The van der Waals surface area contributed by atoms with Gasteiger partial charge in [-0.2, -0.15) is 0 Å². The van der Waals surface area contributed by atoms with Gasteiger partial charge in [0.2, 0.25) is 5.91 Å². The molecule has 0 radical (unpaired) electrons. The second-order valence-corrected chi connectivity index (χ2v) is 6.60. The standard InChI is InChI=1S/C18H23N3O6/c1-3-5-13(18(24)25)19-16(22)15-6-4-9-20(15)17(23)12-7-8-14(21(26)27)11(2)10-12/h7-8,10,13,15H,3-6,9H2,1-2H3,(H,19,22)(H,24,25). The molecule has 9 heteroatoms. The first-order chi connectivity index (χ1) is 12.8. The van der Waals surface area contributed by atoms with E-state index in [1.165, 1.54) is 23.1 Å². The van der Waals surface area contributed by atoms with Gasteiger partial charge in [0.1, 0.15) is 12.1 Å². The maximum Gasteiger partial charge on any atom is 0.326 e. The van der Waals surface area contributed by atoms with Crippen molar-refractivity contribution >= 4 is 23.5 Å². The number of carboxylic acid groups (broad SMARTS) is 1. The first kappa shape index (κ1) is 20.3. The molecular weight excluding hydrogens is 354 g/mol. The van der Waals surface area contributed by atoms with E-state index >= 15 is 0 Å². The van der Waals surface area contributed by atoms with Gasteiger partial charge in [-0.3, -0.25) is 19.7 Å². The molecular formula is C18H23N3O6. The quantitative estimate of drug-likeness (QED) is 0.551. The summed E-state index contributed by atoms with van der Waals surface area (Å²) in [6.07, 6.45) is 1.99. The molecule has 1 aromatic rings. The van der Waals surface area contributed by atoms with Crippen LogP contribution >= 0.6 is 0 Å². The molecule has 2 N–H and O–H groups in total. The third kappa shape index (κ3) is 4.60. The van der Waals surface area contributed by atoms with E-state index in [9.17, 15) is 29.6 Å². The molecule has 1 aromatic carbocycles. The van der Waals surface area contributed by atoms with E-state index in [4.69, 9.17) is 0 Å². The summed E-state index contributed by atoms with van der Waals surface area (Å²) in [5.74, 6) is -1.99. The van der Waals surface area contributed by atoms with Crippen molar-refractivity contribution in [3.8, 4) is 0 Å². The highest BCUT2D eigenvalue weighted by Crippen LogP contribution is 2.24. The Labute approximate surface area is 156 Å². The Morgan fingerprint density at radius 2 is 2.11 bits per heavy atom. The molecule has 0 bridgehead atoms. The molecule has 1 fully saturated rings. The minimum atomic E-state index is -1.10. The monoisotopic (exact) mass is 377 g/mol. The summed E-state index contributed by atoms with van der Waals surface area (Å²) in [7, 11) is 0. The van der Waals surface area contributed by atoms with Crippen molar-refractivity contribution in [2.45, 2.75) is 51.6 Å². The van der Waals surface area contributed by atoms with E-state index in [0.29, 0.717) is 37.8 Å². The summed E-state index contributed by atoms with van der Waals surface area (Å²) in [4.78, 5) is 48.4. The summed E-state index contributed by atoms with van der Waals surface area (Å²) in [5, 5.41) is 22.6. The van der Waals surface area contributed by atoms with Gasteiger partial charge in [0.05, 0.1) is 4.92 Å². The predicted octanol–water partition coefficient (Wildman–Crippen LogP) is 1.88. The van der Waals surface area contributed by atoms with Crippen LogP contribution in [-0.2, 0) is 9.59 Å². The summed E-state index contributed by atoms with van der Waals surface area (Å²) in [6, 6.07) is 2.35. The van der Waals surface area contributed by atoms with Crippen LogP contribution in [0.2, 0.25) is 0 Å². The molecule has 1 heterocycles. The number of carbonyl (C=O) groups excluding carboxylic acids is 2. The van der Waals surface area contributed by atoms with Gasteiger partial charge < -0.3 is 15.3 Å². The first-order valence-corrected chi connectivity index (χ1v) is 8.85. The van der Waals surface area contributed by atoms with Crippen LogP contribution in [0.3, 0.4) is 0 Å². The lowest BCUT2D eigenvalue weighted by Crippen LogP contribution is -2.50.